The lowest BCUT2D eigenvalue weighted by Crippen LogP contribution is -2.50. The van der Waals surface area contributed by atoms with Crippen LogP contribution in [0, 0.1) is 0 Å². The summed E-state index contributed by atoms with van der Waals surface area (Å²) >= 11 is 6.48. The summed E-state index contributed by atoms with van der Waals surface area (Å²) in [6.45, 7) is 5.08. The van der Waals surface area contributed by atoms with Gasteiger partial charge in [-0.2, -0.15) is 9.97 Å². The summed E-state index contributed by atoms with van der Waals surface area (Å²) in [5.74, 6) is 1.73. The second-order valence-electron chi connectivity index (χ2n) is 10.9. The summed E-state index contributed by atoms with van der Waals surface area (Å²) in [5.41, 5.74) is 1.96. The van der Waals surface area contributed by atoms with E-state index < -0.39 is 0 Å². The molecule has 1 aromatic carbocycles. The van der Waals surface area contributed by atoms with Crippen molar-refractivity contribution in [2.45, 2.75) is 57.0 Å². The Bertz CT molecular complexity index is 1330. The van der Waals surface area contributed by atoms with Crippen LogP contribution in [-0.4, -0.2) is 89.2 Å². The molecule has 214 valence electrons. The number of halogens is 1. The van der Waals surface area contributed by atoms with Crippen molar-refractivity contribution in [1.82, 2.24) is 24.8 Å². The molecule has 10 nitrogen and oxygen atoms in total. The van der Waals surface area contributed by atoms with E-state index in [1.807, 2.05) is 17.0 Å². The smallest absolute Gasteiger partial charge is 0.253 e. The molecular weight excluding hydrogens is 530 g/mol. The van der Waals surface area contributed by atoms with Crippen LogP contribution in [0.5, 0.6) is 5.75 Å². The first kappa shape index (κ1) is 27.1. The number of morpholine rings is 1. The Kier molecular flexibility index (Phi) is 8.27. The summed E-state index contributed by atoms with van der Waals surface area (Å²) < 4.78 is 11.2. The number of rotatable bonds is 7. The van der Waals surface area contributed by atoms with Crippen LogP contribution in [0.2, 0.25) is 5.02 Å². The highest BCUT2D eigenvalue weighted by atomic mass is 35.5. The third-order valence-electron chi connectivity index (χ3n) is 8.44. The maximum Gasteiger partial charge on any atom is 0.253 e. The number of nitrogens with zero attached hydrogens (tertiary/aromatic N) is 4. The Labute approximate surface area is 239 Å². The first-order valence-corrected chi connectivity index (χ1v) is 14.8. The number of methoxy groups -OCH3 is 1. The standard InChI is InChI=1S/C29H38ClN7O3/c1-39-24-17-19(28(38)37-11-9-21(10-12-37)36-13-15-40-16-14-36)7-8-23(24)33-29-34-26-25(22(30)18-31-26)27(35-29)32-20-5-3-2-4-6-20/h7-8,17-18,20-21H,2-6,9-16H2,1H3,(H3,31,32,33,34,35). The van der Waals surface area contributed by atoms with Crippen LogP contribution in [0.4, 0.5) is 17.5 Å². The van der Waals surface area contributed by atoms with Crippen molar-refractivity contribution in [3.05, 3.63) is 35.0 Å². The van der Waals surface area contributed by atoms with Crippen LogP contribution in [0.1, 0.15) is 55.3 Å². The van der Waals surface area contributed by atoms with Crippen molar-refractivity contribution >= 4 is 46.0 Å². The number of aromatic amines is 1. The average Bonchev–Trinajstić information content (AvgIpc) is 3.38. The van der Waals surface area contributed by atoms with Gasteiger partial charge in [0.1, 0.15) is 17.2 Å². The van der Waals surface area contributed by atoms with Gasteiger partial charge in [0.2, 0.25) is 5.95 Å². The number of carbonyl (C=O) groups excluding carboxylic acids is 1. The highest BCUT2D eigenvalue weighted by Crippen LogP contribution is 2.34. The number of anilines is 3. The predicted octanol–water partition coefficient (Wildman–Crippen LogP) is 5.04. The van der Waals surface area contributed by atoms with E-state index in [1.54, 1.807) is 19.4 Å². The molecule has 6 rings (SSSR count). The fourth-order valence-corrected chi connectivity index (χ4v) is 6.44. The van der Waals surface area contributed by atoms with Gasteiger partial charge in [-0.05, 0) is 43.9 Å². The molecule has 11 heteroatoms. The Morgan fingerprint density at radius 3 is 2.60 bits per heavy atom. The molecule has 3 N–H and O–H groups in total. The van der Waals surface area contributed by atoms with E-state index >= 15 is 0 Å². The average molecular weight is 568 g/mol. The molecule has 0 atom stereocenters. The molecule has 1 amide bonds. The number of nitrogens with one attached hydrogen (secondary N) is 3. The summed E-state index contributed by atoms with van der Waals surface area (Å²) in [4.78, 5) is 30.4. The topological polar surface area (TPSA) is 108 Å². The number of ether oxygens (including phenoxy) is 2. The Hall–Kier alpha value is -3.08. The quantitative estimate of drug-likeness (QED) is 0.364. The minimum Gasteiger partial charge on any atom is -0.495 e. The van der Waals surface area contributed by atoms with E-state index in [2.05, 4.69) is 25.5 Å². The number of likely N-dealkylation sites (tertiary alicyclic amines) is 1. The minimum absolute atomic E-state index is 0.0305. The van der Waals surface area contributed by atoms with Crippen molar-refractivity contribution < 1.29 is 14.3 Å². The van der Waals surface area contributed by atoms with Gasteiger partial charge in [-0.15, -0.1) is 0 Å². The number of benzene rings is 1. The van der Waals surface area contributed by atoms with E-state index in [1.165, 1.54) is 19.3 Å². The molecule has 3 fully saturated rings. The van der Waals surface area contributed by atoms with E-state index in [9.17, 15) is 4.79 Å². The molecule has 2 aromatic heterocycles. The summed E-state index contributed by atoms with van der Waals surface area (Å²) in [6, 6.07) is 6.38. The lowest BCUT2D eigenvalue weighted by Gasteiger charge is -2.40. The van der Waals surface area contributed by atoms with E-state index in [0.717, 1.165) is 76.3 Å². The number of piperidine rings is 1. The number of hydrogen-bond donors (Lipinski definition) is 3. The largest absolute Gasteiger partial charge is 0.495 e. The fourth-order valence-electron chi connectivity index (χ4n) is 6.20. The second-order valence-corrected chi connectivity index (χ2v) is 11.4. The molecule has 4 heterocycles. The Morgan fingerprint density at radius 1 is 1.07 bits per heavy atom. The SMILES string of the molecule is COc1cc(C(=O)N2CCC(N3CCOCC3)CC2)ccc1Nc1nc(NC2CCCCC2)c2c(Cl)c[nH]c2n1. The monoisotopic (exact) mass is 567 g/mol. The highest BCUT2D eigenvalue weighted by Gasteiger charge is 2.28. The number of hydrogen-bond acceptors (Lipinski definition) is 8. The number of aromatic nitrogens is 3. The third-order valence-corrected chi connectivity index (χ3v) is 8.74. The second kappa shape index (κ2) is 12.2. The van der Waals surface area contributed by atoms with Gasteiger partial charge in [-0.25, -0.2) is 0 Å². The van der Waals surface area contributed by atoms with Gasteiger partial charge in [0, 0.05) is 50.0 Å². The van der Waals surface area contributed by atoms with Crippen LogP contribution in [0.15, 0.2) is 24.4 Å². The van der Waals surface area contributed by atoms with Gasteiger partial charge < -0.3 is 30.0 Å². The molecule has 40 heavy (non-hydrogen) atoms. The number of carbonyl (C=O) groups is 1. The lowest BCUT2D eigenvalue weighted by molar-refractivity contribution is 0.00159. The minimum atomic E-state index is 0.0305. The van der Waals surface area contributed by atoms with Crippen LogP contribution in [0.3, 0.4) is 0 Å². The van der Waals surface area contributed by atoms with Crippen molar-refractivity contribution in [2.24, 2.45) is 0 Å². The van der Waals surface area contributed by atoms with Gasteiger partial charge in [-0.3, -0.25) is 9.69 Å². The molecule has 3 aromatic rings. The number of amides is 1. The molecule has 0 unspecified atom stereocenters. The Morgan fingerprint density at radius 2 is 1.85 bits per heavy atom. The van der Waals surface area contributed by atoms with Crippen LogP contribution in [0.25, 0.3) is 11.0 Å². The summed E-state index contributed by atoms with van der Waals surface area (Å²) in [5, 5.41) is 8.29. The third kappa shape index (κ3) is 5.84. The molecule has 0 spiro atoms. The zero-order valence-corrected chi connectivity index (χ0v) is 23.8. The van der Waals surface area contributed by atoms with Crippen molar-refractivity contribution in [3.63, 3.8) is 0 Å². The van der Waals surface area contributed by atoms with Gasteiger partial charge in [0.05, 0.1) is 36.4 Å². The molecule has 3 aliphatic rings. The lowest BCUT2D eigenvalue weighted by atomic mass is 9.95. The first-order chi connectivity index (χ1) is 19.6. The van der Waals surface area contributed by atoms with Crippen molar-refractivity contribution in [1.29, 1.82) is 0 Å². The maximum absolute atomic E-state index is 13.4. The van der Waals surface area contributed by atoms with Crippen LogP contribution in [-0.2, 0) is 4.74 Å². The normalized spacial score (nSPS) is 19.6. The van der Waals surface area contributed by atoms with Crippen molar-refractivity contribution in [2.75, 3.05) is 57.1 Å². The van der Waals surface area contributed by atoms with E-state index in [-0.39, 0.29) is 5.91 Å². The van der Waals surface area contributed by atoms with Gasteiger partial charge in [0.25, 0.3) is 5.91 Å². The number of H-pyrrole nitrogens is 1. The van der Waals surface area contributed by atoms with E-state index in [0.29, 0.717) is 45.7 Å². The molecule has 1 aliphatic carbocycles. The van der Waals surface area contributed by atoms with Crippen molar-refractivity contribution in [3.8, 4) is 5.75 Å². The van der Waals surface area contributed by atoms with Gasteiger partial charge >= 0.3 is 0 Å². The van der Waals surface area contributed by atoms with Crippen LogP contribution < -0.4 is 15.4 Å². The highest BCUT2D eigenvalue weighted by molar-refractivity contribution is 6.36. The molecular formula is C29H38ClN7O3. The number of fused-ring (bicyclic) bond motifs is 1. The Balaban J connectivity index is 1.16. The molecule has 0 radical (unpaired) electrons. The first-order valence-electron chi connectivity index (χ1n) is 14.5. The zero-order valence-electron chi connectivity index (χ0n) is 23.0. The van der Waals surface area contributed by atoms with Gasteiger partial charge in [-0.1, -0.05) is 30.9 Å². The maximum atomic E-state index is 13.4. The predicted molar refractivity (Wildman–Crippen MR) is 157 cm³/mol. The molecule has 2 saturated heterocycles. The summed E-state index contributed by atoms with van der Waals surface area (Å²) in [6.07, 6.45) is 9.65. The van der Waals surface area contributed by atoms with E-state index in [4.69, 9.17) is 26.1 Å². The molecule has 2 aliphatic heterocycles. The zero-order chi connectivity index (χ0) is 27.5. The molecule has 1 saturated carbocycles. The van der Waals surface area contributed by atoms with Gasteiger partial charge in [0.15, 0.2) is 0 Å². The summed E-state index contributed by atoms with van der Waals surface area (Å²) in [7, 11) is 1.60. The molecule has 0 bridgehead atoms. The van der Waals surface area contributed by atoms with Crippen LogP contribution >= 0.6 is 11.6 Å². The fraction of sp³-hybridized carbons (Fsp3) is 0.552.